The van der Waals surface area contributed by atoms with Crippen molar-refractivity contribution in [1.29, 1.82) is 0 Å². The van der Waals surface area contributed by atoms with Gasteiger partial charge < -0.3 is 9.80 Å². The van der Waals surface area contributed by atoms with E-state index in [0.29, 0.717) is 0 Å². The molecule has 0 aliphatic carbocycles. The second-order valence-electron chi connectivity index (χ2n) is 7.79. The van der Waals surface area contributed by atoms with E-state index < -0.39 is 0 Å². The van der Waals surface area contributed by atoms with E-state index in [1.54, 1.807) is 0 Å². The Balaban J connectivity index is 1.84. The van der Waals surface area contributed by atoms with Gasteiger partial charge in [0.15, 0.2) is 0 Å². The van der Waals surface area contributed by atoms with Gasteiger partial charge in [-0.25, -0.2) is 9.48 Å². The zero-order valence-corrected chi connectivity index (χ0v) is 19.1. The summed E-state index contributed by atoms with van der Waals surface area (Å²) in [4.78, 5) is 7.19. The Kier molecular flexibility index (Phi) is 6.83. The van der Waals surface area contributed by atoms with Gasteiger partial charge in [0.1, 0.15) is 24.5 Å². The maximum atomic E-state index is 2.40. The topological polar surface area (TPSA) is 12.7 Å². The minimum absolute atomic E-state index is 1.02. The maximum Gasteiger partial charge on any atom is 0.244 e. The van der Waals surface area contributed by atoms with Crippen molar-refractivity contribution in [1.82, 2.24) is 0 Å². The van der Waals surface area contributed by atoms with E-state index in [2.05, 4.69) is 104 Å². The van der Waals surface area contributed by atoms with Crippen molar-refractivity contribution in [2.45, 2.75) is 41.5 Å². The lowest BCUT2D eigenvalue weighted by atomic mass is 10.1. The molecular formula is C25H37N4+. The number of benzene rings is 2. The second-order valence-corrected chi connectivity index (χ2v) is 7.79. The number of rotatable bonds is 8. The molecule has 2 aromatic rings. The molecule has 0 aromatic heterocycles. The number of aryl methyl sites for hydroxylation is 2. The molecule has 156 valence electrons. The fraction of sp³-hybridized carbons (Fsp3) is 0.480. The second kappa shape index (κ2) is 9.34. The van der Waals surface area contributed by atoms with E-state index in [0.717, 1.165) is 39.3 Å². The molecule has 0 saturated heterocycles. The van der Waals surface area contributed by atoms with Gasteiger partial charge in [-0.15, -0.1) is 0 Å². The maximum absolute atomic E-state index is 2.40. The molecule has 0 bridgehead atoms. The Morgan fingerprint density at radius 2 is 1.34 bits per heavy atom. The zero-order chi connectivity index (χ0) is 21.0. The Bertz CT molecular complexity index is 863. The SMILES string of the molecule is CCN(CC)c1ccc(N2C=[N+](c3ccc(N(CC)CC)cc3C)CC2)c(C)c1. The van der Waals surface area contributed by atoms with Crippen LogP contribution < -0.4 is 14.7 Å². The molecule has 1 aliphatic heterocycles. The molecule has 0 amide bonds. The fourth-order valence-corrected chi connectivity index (χ4v) is 4.36. The van der Waals surface area contributed by atoms with Gasteiger partial charge in [0.2, 0.25) is 6.34 Å². The molecule has 2 aromatic carbocycles. The molecule has 29 heavy (non-hydrogen) atoms. The molecule has 0 unspecified atom stereocenters. The van der Waals surface area contributed by atoms with Gasteiger partial charge in [0, 0.05) is 37.6 Å². The van der Waals surface area contributed by atoms with Crippen molar-refractivity contribution in [3.05, 3.63) is 47.5 Å². The van der Waals surface area contributed by atoms with Crippen molar-refractivity contribution >= 4 is 29.1 Å². The van der Waals surface area contributed by atoms with Gasteiger partial charge in [-0.3, -0.25) is 0 Å². The number of hydrogen-bond acceptors (Lipinski definition) is 3. The molecule has 0 radical (unpaired) electrons. The zero-order valence-electron chi connectivity index (χ0n) is 19.1. The van der Waals surface area contributed by atoms with Gasteiger partial charge in [-0.1, -0.05) is 0 Å². The average molecular weight is 394 g/mol. The summed E-state index contributed by atoms with van der Waals surface area (Å²) < 4.78 is 2.39. The highest BCUT2D eigenvalue weighted by molar-refractivity contribution is 5.81. The molecule has 0 spiro atoms. The highest BCUT2D eigenvalue weighted by atomic mass is 15.3. The van der Waals surface area contributed by atoms with Crippen LogP contribution in [0.3, 0.4) is 0 Å². The first kappa shape index (κ1) is 21.2. The largest absolute Gasteiger partial charge is 0.372 e. The molecule has 1 heterocycles. The molecule has 4 heteroatoms. The summed E-state index contributed by atoms with van der Waals surface area (Å²) >= 11 is 0. The monoisotopic (exact) mass is 393 g/mol. The normalized spacial score (nSPS) is 13.6. The van der Waals surface area contributed by atoms with Crippen LogP contribution in [-0.4, -0.2) is 50.2 Å². The number of anilines is 3. The van der Waals surface area contributed by atoms with Crippen molar-refractivity contribution in [3.63, 3.8) is 0 Å². The van der Waals surface area contributed by atoms with Gasteiger partial charge in [0.25, 0.3) is 0 Å². The van der Waals surface area contributed by atoms with Gasteiger partial charge in [-0.2, -0.15) is 0 Å². The third-order valence-corrected chi connectivity index (χ3v) is 6.10. The molecule has 0 N–H and O–H groups in total. The van der Waals surface area contributed by atoms with Crippen LogP contribution in [0.2, 0.25) is 0 Å². The summed E-state index contributed by atoms with van der Waals surface area (Å²) in [7, 11) is 0. The van der Waals surface area contributed by atoms with E-state index in [1.165, 1.54) is 33.9 Å². The van der Waals surface area contributed by atoms with Gasteiger partial charge in [0.05, 0.1) is 0 Å². The molecule has 0 atom stereocenters. The quantitative estimate of drug-likeness (QED) is 0.573. The van der Waals surface area contributed by atoms with Gasteiger partial charge >= 0.3 is 0 Å². The van der Waals surface area contributed by atoms with E-state index in [9.17, 15) is 0 Å². The molecular weight excluding hydrogens is 356 g/mol. The molecule has 0 fully saturated rings. The standard InChI is InChI=1S/C25H37N4/c1-7-26(8-2)22-11-13-24(20(5)17-22)28-15-16-29(19-28)25-14-12-23(18-21(25)6)27(9-3)10-4/h11-14,17-19H,7-10,15-16H2,1-6H3/q+1. The lowest BCUT2D eigenvalue weighted by molar-refractivity contribution is -0.424. The van der Waals surface area contributed by atoms with Crippen molar-refractivity contribution < 1.29 is 4.58 Å². The summed E-state index contributed by atoms with van der Waals surface area (Å²) in [5, 5.41) is 0. The van der Waals surface area contributed by atoms with Crippen LogP contribution in [0.4, 0.5) is 22.7 Å². The molecule has 4 nitrogen and oxygen atoms in total. The first-order chi connectivity index (χ1) is 14.0. The number of hydrogen-bond donors (Lipinski definition) is 0. The average Bonchev–Trinajstić information content (AvgIpc) is 3.19. The Hall–Kier alpha value is -2.49. The summed E-state index contributed by atoms with van der Waals surface area (Å²) in [6.07, 6.45) is 2.28. The first-order valence-electron chi connectivity index (χ1n) is 11.1. The predicted octanol–water partition coefficient (Wildman–Crippen LogP) is 5.19. The molecule has 1 aliphatic rings. The minimum Gasteiger partial charge on any atom is -0.372 e. The summed E-state index contributed by atoms with van der Waals surface area (Å²) in [6.45, 7) is 19.5. The summed E-state index contributed by atoms with van der Waals surface area (Å²) in [6, 6.07) is 13.7. The summed E-state index contributed by atoms with van der Waals surface area (Å²) in [5.74, 6) is 0. The first-order valence-corrected chi connectivity index (χ1v) is 11.1. The lowest BCUT2D eigenvalue weighted by Crippen LogP contribution is -2.23. The minimum atomic E-state index is 1.02. The third kappa shape index (κ3) is 4.42. The fourth-order valence-electron chi connectivity index (χ4n) is 4.36. The predicted molar refractivity (Wildman–Crippen MR) is 128 cm³/mol. The Morgan fingerprint density at radius 1 is 0.793 bits per heavy atom. The van der Waals surface area contributed by atoms with E-state index in [-0.39, 0.29) is 0 Å². The Morgan fingerprint density at radius 3 is 1.86 bits per heavy atom. The van der Waals surface area contributed by atoms with Crippen molar-refractivity contribution in [3.8, 4) is 0 Å². The lowest BCUT2D eigenvalue weighted by Gasteiger charge is -2.22. The van der Waals surface area contributed by atoms with Crippen LogP contribution in [0.5, 0.6) is 0 Å². The summed E-state index contributed by atoms with van der Waals surface area (Å²) in [5.41, 5.74) is 7.91. The highest BCUT2D eigenvalue weighted by Crippen LogP contribution is 2.29. The van der Waals surface area contributed by atoms with Gasteiger partial charge in [-0.05, 0) is 89.1 Å². The highest BCUT2D eigenvalue weighted by Gasteiger charge is 2.25. The van der Waals surface area contributed by atoms with Crippen LogP contribution in [-0.2, 0) is 0 Å². The van der Waals surface area contributed by atoms with E-state index in [4.69, 9.17) is 0 Å². The van der Waals surface area contributed by atoms with Crippen LogP contribution in [0.15, 0.2) is 36.4 Å². The Labute approximate surface area is 177 Å². The van der Waals surface area contributed by atoms with E-state index >= 15 is 0 Å². The van der Waals surface area contributed by atoms with Crippen molar-refractivity contribution in [2.75, 3.05) is 54.0 Å². The van der Waals surface area contributed by atoms with E-state index in [1.807, 2.05) is 0 Å². The number of nitrogens with zero attached hydrogens (tertiary/aromatic N) is 4. The van der Waals surface area contributed by atoms with Crippen LogP contribution in [0.25, 0.3) is 0 Å². The molecule has 3 rings (SSSR count). The van der Waals surface area contributed by atoms with Crippen LogP contribution >= 0.6 is 0 Å². The van der Waals surface area contributed by atoms with Crippen LogP contribution in [0.1, 0.15) is 38.8 Å². The molecule has 0 saturated carbocycles. The van der Waals surface area contributed by atoms with Crippen LogP contribution in [0, 0.1) is 13.8 Å². The van der Waals surface area contributed by atoms with Crippen molar-refractivity contribution in [2.24, 2.45) is 0 Å². The third-order valence-electron chi connectivity index (χ3n) is 6.10. The smallest absolute Gasteiger partial charge is 0.244 e.